The van der Waals surface area contributed by atoms with Crippen LogP contribution < -0.4 is 10.1 Å². The molecule has 0 saturated heterocycles. The smallest absolute Gasteiger partial charge is 0.122 e. The van der Waals surface area contributed by atoms with Crippen LogP contribution >= 0.6 is 0 Å². The molecule has 0 fully saturated rings. The second-order valence-electron chi connectivity index (χ2n) is 7.72. The van der Waals surface area contributed by atoms with E-state index in [0.29, 0.717) is 0 Å². The molecule has 2 aromatic carbocycles. The van der Waals surface area contributed by atoms with Crippen molar-refractivity contribution in [2.75, 3.05) is 13.7 Å². The quantitative estimate of drug-likeness (QED) is 0.687. The molecule has 136 valence electrons. The lowest BCUT2D eigenvalue weighted by atomic mass is 9.87. The first kappa shape index (κ1) is 17.2. The minimum Gasteiger partial charge on any atom is -0.496 e. The van der Waals surface area contributed by atoms with Crippen molar-refractivity contribution >= 4 is 10.9 Å². The number of hydrogen-bond acceptors (Lipinski definition) is 2. The summed E-state index contributed by atoms with van der Waals surface area (Å²) < 4.78 is 5.57. The number of rotatable bonds is 2. The summed E-state index contributed by atoms with van der Waals surface area (Å²) in [4.78, 5) is 3.77. The third-order valence-corrected chi connectivity index (χ3v) is 6.02. The van der Waals surface area contributed by atoms with Crippen LogP contribution in [0.25, 0.3) is 10.9 Å². The average Bonchev–Trinajstić information content (AvgIpc) is 2.98. The van der Waals surface area contributed by atoms with Crippen molar-refractivity contribution in [3.05, 3.63) is 62.8 Å². The topological polar surface area (TPSA) is 37.0 Å². The molecular formula is C23H28N2O. The number of aromatic amines is 1. The van der Waals surface area contributed by atoms with E-state index in [0.717, 1.165) is 18.7 Å². The minimum atomic E-state index is 0.204. The van der Waals surface area contributed by atoms with E-state index in [9.17, 15) is 0 Å². The molecule has 0 amide bonds. The Hall–Kier alpha value is -2.26. The molecule has 0 bridgehead atoms. The first-order chi connectivity index (χ1) is 12.4. The summed E-state index contributed by atoms with van der Waals surface area (Å²) >= 11 is 0. The Balaban J connectivity index is 1.95. The van der Waals surface area contributed by atoms with E-state index in [1.807, 2.05) is 0 Å². The first-order valence-corrected chi connectivity index (χ1v) is 9.42. The second-order valence-corrected chi connectivity index (χ2v) is 7.72. The van der Waals surface area contributed by atoms with E-state index in [1.54, 1.807) is 7.11 Å². The van der Waals surface area contributed by atoms with Crippen LogP contribution in [0.3, 0.4) is 0 Å². The zero-order valence-corrected chi connectivity index (χ0v) is 16.6. The van der Waals surface area contributed by atoms with Crippen LogP contribution in [0, 0.1) is 34.6 Å². The number of methoxy groups -OCH3 is 1. The number of fused-ring (bicyclic) bond motifs is 3. The Morgan fingerprint density at radius 2 is 1.73 bits per heavy atom. The van der Waals surface area contributed by atoms with Crippen molar-refractivity contribution in [3.63, 3.8) is 0 Å². The van der Waals surface area contributed by atoms with E-state index < -0.39 is 0 Å². The van der Waals surface area contributed by atoms with Crippen molar-refractivity contribution < 1.29 is 4.74 Å². The Kier molecular flexibility index (Phi) is 4.07. The number of H-pyrrole nitrogens is 1. The SMILES string of the molecule is COc1cc(C)c(C2NCCc3c2[nH]c2c(C)cc(C)cc32)c(C)c1C. The standard InChI is InChI=1S/C23H28N2O/c1-12-9-14(3)21-18(10-12)17-7-8-24-23(22(17)25-21)20-13(2)11-19(26-6)15(4)16(20)5/h9-11,23-25H,7-8H2,1-6H3. The fraction of sp³-hybridized carbons (Fsp3) is 0.391. The van der Waals surface area contributed by atoms with Crippen LogP contribution in [-0.4, -0.2) is 18.6 Å². The maximum Gasteiger partial charge on any atom is 0.122 e. The predicted octanol–water partition coefficient (Wildman–Crippen LogP) is 4.95. The first-order valence-electron chi connectivity index (χ1n) is 9.42. The van der Waals surface area contributed by atoms with Crippen LogP contribution in [0.4, 0.5) is 0 Å². The molecule has 1 unspecified atom stereocenters. The number of hydrogen-bond donors (Lipinski definition) is 2. The van der Waals surface area contributed by atoms with Gasteiger partial charge >= 0.3 is 0 Å². The summed E-state index contributed by atoms with van der Waals surface area (Å²) in [6.45, 7) is 12.0. The van der Waals surface area contributed by atoms with Crippen LogP contribution in [0.2, 0.25) is 0 Å². The third-order valence-electron chi connectivity index (χ3n) is 6.02. The van der Waals surface area contributed by atoms with Crippen molar-refractivity contribution in [3.8, 4) is 5.75 Å². The molecule has 0 radical (unpaired) electrons. The minimum absolute atomic E-state index is 0.204. The molecule has 1 aromatic heterocycles. The van der Waals surface area contributed by atoms with Gasteiger partial charge in [-0.2, -0.15) is 0 Å². The van der Waals surface area contributed by atoms with Crippen LogP contribution in [0.15, 0.2) is 18.2 Å². The second kappa shape index (κ2) is 6.17. The molecular weight excluding hydrogens is 320 g/mol. The number of benzene rings is 2. The summed E-state index contributed by atoms with van der Waals surface area (Å²) in [7, 11) is 1.75. The highest BCUT2D eigenvalue weighted by molar-refractivity contribution is 5.88. The Bertz CT molecular complexity index is 1010. The summed E-state index contributed by atoms with van der Waals surface area (Å²) in [5, 5.41) is 5.15. The largest absolute Gasteiger partial charge is 0.496 e. The van der Waals surface area contributed by atoms with Gasteiger partial charge in [0.2, 0.25) is 0 Å². The van der Waals surface area contributed by atoms with E-state index in [1.165, 1.54) is 55.5 Å². The summed E-state index contributed by atoms with van der Waals surface area (Å²) in [6, 6.07) is 6.97. The normalized spacial score (nSPS) is 16.8. The van der Waals surface area contributed by atoms with Gasteiger partial charge in [0, 0.05) is 23.1 Å². The third kappa shape index (κ3) is 2.45. The Labute approximate surface area is 155 Å². The highest BCUT2D eigenvalue weighted by Gasteiger charge is 2.28. The van der Waals surface area contributed by atoms with Gasteiger partial charge in [0.1, 0.15) is 5.75 Å². The predicted molar refractivity (Wildman–Crippen MR) is 109 cm³/mol. The molecule has 2 N–H and O–H groups in total. The van der Waals surface area contributed by atoms with E-state index in [2.05, 4.69) is 63.1 Å². The number of aromatic nitrogens is 1. The fourth-order valence-electron chi connectivity index (χ4n) is 4.65. The van der Waals surface area contributed by atoms with Crippen LogP contribution in [0.1, 0.15) is 50.7 Å². The average molecular weight is 348 g/mol. The maximum absolute atomic E-state index is 5.57. The van der Waals surface area contributed by atoms with Gasteiger partial charge in [-0.15, -0.1) is 0 Å². The molecule has 1 aliphatic heterocycles. The molecule has 0 aliphatic carbocycles. The number of ether oxygens (including phenoxy) is 1. The van der Waals surface area contributed by atoms with Crippen molar-refractivity contribution in [2.24, 2.45) is 0 Å². The lowest BCUT2D eigenvalue weighted by Crippen LogP contribution is -2.31. The van der Waals surface area contributed by atoms with Crippen LogP contribution in [-0.2, 0) is 6.42 Å². The molecule has 0 saturated carbocycles. The van der Waals surface area contributed by atoms with E-state index in [-0.39, 0.29) is 6.04 Å². The fourth-order valence-corrected chi connectivity index (χ4v) is 4.65. The van der Waals surface area contributed by atoms with Crippen molar-refractivity contribution in [2.45, 2.75) is 47.1 Å². The molecule has 4 rings (SSSR count). The molecule has 3 nitrogen and oxygen atoms in total. The van der Waals surface area contributed by atoms with Gasteiger partial charge in [0.05, 0.1) is 13.2 Å². The van der Waals surface area contributed by atoms with Crippen molar-refractivity contribution in [1.29, 1.82) is 0 Å². The zero-order chi connectivity index (χ0) is 18.6. The molecule has 3 heteroatoms. The van der Waals surface area contributed by atoms with Gasteiger partial charge in [-0.25, -0.2) is 0 Å². The van der Waals surface area contributed by atoms with Crippen molar-refractivity contribution in [1.82, 2.24) is 10.3 Å². The van der Waals surface area contributed by atoms with E-state index >= 15 is 0 Å². The molecule has 2 heterocycles. The highest BCUT2D eigenvalue weighted by Crippen LogP contribution is 2.39. The number of nitrogens with one attached hydrogen (secondary N) is 2. The molecule has 1 atom stereocenters. The van der Waals surface area contributed by atoms with Gasteiger partial charge in [0.25, 0.3) is 0 Å². The summed E-state index contributed by atoms with van der Waals surface area (Å²) in [6.07, 6.45) is 1.07. The molecule has 26 heavy (non-hydrogen) atoms. The van der Waals surface area contributed by atoms with E-state index in [4.69, 9.17) is 4.74 Å². The zero-order valence-electron chi connectivity index (χ0n) is 16.6. The van der Waals surface area contributed by atoms with Gasteiger partial charge in [-0.05, 0) is 86.6 Å². The highest BCUT2D eigenvalue weighted by atomic mass is 16.5. The molecule has 0 spiro atoms. The number of aryl methyl sites for hydroxylation is 3. The Morgan fingerprint density at radius 1 is 0.962 bits per heavy atom. The summed E-state index contributed by atoms with van der Waals surface area (Å²) in [5.41, 5.74) is 12.0. The summed E-state index contributed by atoms with van der Waals surface area (Å²) in [5.74, 6) is 0.975. The van der Waals surface area contributed by atoms with Gasteiger partial charge in [-0.1, -0.05) is 11.6 Å². The Morgan fingerprint density at radius 3 is 2.46 bits per heavy atom. The van der Waals surface area contributed by atoms with Gasteiger partial charge in [-0.3, -0.25) is 0 Å². The molecule has 3 aromatic rings. The maximum atomic E-state index is 5.57. The lowest BCUT2D eigenvalue weighted by Gasteiger charge is -2.29. The van der Waals surface area contributed by atoms with Gasteiger partial charge in [0.15, 0.2) is 0 Å². The molecule has 1 aliphatic rings. The monoisotopic (exact) mass is 348 g/mol. The lowest BCUT2D eigenvalue weighted by molar-refractivity contribution is 0.410. The van der Waals surface area contributed by atoms with Crippen LogP contribution in [0.5, 0.6) is 5.75 Å². The van der Waals surface area contributed by atoms with Gasteiger partial charge < -0.3 is 15.0 Å².